The second-order valence-corrected chi connectivity index (χ2v) is 8.61. The van der Waals surface area contributed by atoms with E-state index in [4.69, 9.17) is 14.7 Å². The second kappa shape index (κ2) is 10.6. The Bertz CT molecular complexity index is 1070. The van der Waals surface area contributed by atoms with E-state index >= 15 is 0 Å². The molecule has 0 bridgehead atoms. The fourth-order valence-electron chi connectivity index (χ4n) is 3.57. The quantitative estimate of drug-likeness (QED) is 0.369. The van der Waals surface area contributed by atoms with Gasteiger partial charge in [0.05, 0.1) is 18.1 Å². The summed E-state index contributed by atoms with van der Waals surface area (Å²) in [7, 11) is 0. The number of rotatable bonds is 10. The molecule has 1 amide bonds. The van der Waals surface area contributed by atoms with Gasteiger partial charge >= 0.3 is 0 Å². The normalized spacial score (nSPS) is 13.6. The topological polar surface area (TPSA) is 85.2 Å². The van der Waals surface area contributed by atoms with Crippen LogP contribution < -0.4 is 15.0 Å². The molecule has 1 aliphatic rings. The van der Waals surface area contributed by atoms with Gasteiger partial charge in [0.15, 0.2) is 29.0 Å². The minimum Gasteiger partial charge on any atom is -0.481 e. The number of nitrogens with one attached hydrogen (secondary N) is 1. The second-order valence-electron chi connectivity index (χ2n) is 7.55. The summed E-state index contributed by atoms with van der Waals surface area (Å²) in [5.41, 5.74) is 0.775. The Kier molecular flexibility index (Phi) is 7.41. The number of para-hydroxylation sites is 1. The number of hydrogen-bond donors (Lipinski definition) is 1. The highest BCUT2D eigenvalue weighted by Gasteiger charge is 2.20. The van der Waals surface area contributed by atoms with Crippen LogP contribution in [0.2, 0.25) is 0 Å². The Hall–Kier alpha value is -2.88. The van der Waals surface area contributed by atoms with Crippen molar-refractivity contribution >= 4 is 34.5 Å². The molecular weight excluding hydrogens is 431 g/mol. The number of carbonyl (C=O) groups is 1. The van der Waals surface area contributed by atoms with Gasteiger partial charge < -0.3 is 15.0 Å². The summed E-state index contributed by atoms with van der Waals surface area (Å²) in [6.07, 6.45) is 5.18. The van der Waals surface area contributed by atoms with E-state index in [1.165, 1.54) is 12.1 Å². The Morgan fingerprint density at radius 1 is 1.25 bits per heavy atom. The first kappa shape index (κ1) is 22.3. The number of thioether (sulfide) groups is 1. The molecule has 3 heterocycles. The molecule has 170 valence electrons. The molecule has 1 saturated heterocycles. The van der Waals surface area contributed by atoms with Gasteiger partial charge in [-0.25, -0.2) is 19.0 Å². The number of carbonyl (C=O) groups excluding carboxylic acids is 1. The lowest BCUT2D eigenvalue weighted by atomic mass is 10.3. The molecule has 0 radical (unpaired) electrons. The van der Waals surface area contributed by atoms with Gasteiger partial charge in [-0.05, 0) is 31.4 Å². The van der Waals surface area contributed by atoms with Crippen molar-refractivity contribution in [2.75, 3.05) is 36.9 Å². The molecular formula is C22H27FN6O2S. The molecule has 32 heavy (non-hydrogen) atoms. The highest BCUT2D eigenvalue weighted by molar-refractivity contribution is 7.99. The van der Waals surface area contributed by atoms with Crippen molar-refractivity contribution in [2.24, 2.45) is 0 Å². The molecule has 1 aromatic carbocycles. The highest BCUT2D eigenvalue weighted by Crippen LogP contribution is 2.29. The minimum absolute atomic E-state index is 0.0592. The van der Waals surface area contributed by atoms with Crippen LogP contribution in [0.5, 0.6) is 5.75 Å². The lowest BCUT2D eigenvalue weighted by Gasteiger charge is -2.18. The standard InChI is InChI=1S/C22H27FN6O2S/c1-2-13-32-22-26-20(28-10-5-6-11-28)16-14-25-29(21(16)27-22)12-9-24-19(30)15-31-18-8-4-3-7-17(18)23/h3-4,7-8,14H,2,5-6,9-13,15H2,1H3,(H,24,30). The van der Waals surface area contributed by atoms with Crippen molar-refractivity contribution in [3.05, 3.63) is 36.3 Å². The third kappa shape index (κ3) is 5.29. The number of anilines is 1. The molecule has 1 N–H and O–H groups in total. The summed E-state index contributed by atoms with van der Waals surface area (Å²) in [5, 5.41) is 8.97. The van der Waals surface area contributed by atoms with Crippen LogP contribution in [0, 0.1) is 5.82 Å². The zero-order valence-electron chi connectivity index (χ0n) is 18.1. The summed E-state index contributed by atoms with van der Waals surface area (Å²) >= 11 is 1.65. The van der Waals surface area contributed by atoms with E-state index in [0.717, 1.165) is 60.1 Å². The maximum atomic E-state index is 13.6. The van der Waals surface area contributed by atoms with Crippen molar-refractivity contribution in [1.82, 2.24) is 25.1 Å². The SMILES string of the molecule is CCCSc1nc(N2CCCC2)c2cnn(CCNC(=O)COc3ccccc3F)c2n1. The number of hydrogen-bond acceptors (Lipinski definition) is 7. The van der Waals surface area contributed by atoms with E-state index in [1.54, 1.807) is 34.8 Å². The number of aromatic nitrogens is 4. The van der Waals surface area contributed by atoms with Gasteiger partial charge in [-0.2, -0.15) is 5.10 Å². The minimum atomic E-state index is -0.492. The molecule has 0 saturated carbocycles. The van der Waals surface area contributed by atoms with Gasteiger partial charge in [0.2, 0.25) is 0 Å². The van der Waals surface area contributed by atoms with Gasteiger partial charge in [-0.15, -0.1) is 0 Å². The fraction of sp³-hybridized carbons (Fsp3) is 0.455. The summed E-state index contributed by atoms with van der Waals surface area (Å²) in [5.74, 6) is 1.14. The number of nitrogens with zero attached hydrogens (tertiary/aromatic N) is 5. The van der Waals surface area contributed by atoms with Gasteiger partial charge in [-0.3, -0.25) is 4.79 Å². The van der Waals surface area contributed by atoms with Crippen LogP contribution in [0.15, 0.2) is 35.6 Å². The van der Waals surface area contributed by atoms with Crippen LogP contribution in [0.4, 0.5) is 10.2 Å². The molecule has 10 heteroatoms. The van der Waals surface area contributed by atoms with Crippen LogP contribution in [0.3, 0.4) is 0 Å². The molecule has 3 aromatic rings. The fourth-order valence-corrected chi connectivity index (χ4v) is 4.26. The Labute approximate surface area is 190 Å². The highest BCUT2D eigenvalue weighted by atomic mass is 32.2. The first-order chi connectivity index (χ1) is 15.7. The maximum absolute atomic E-state index is 13.6. The van der Waals surface area contributed by atoms with Crippen LogP contribution in [0.1, 0.15) is 26.2 Å². The Morgan fingerprint density at radius 3 is 2.84 bits per heavy atom. The van der Waals surface area contributed by atoms with Crippen molar-refractivity contribution in [3.63, 3.8) is 0 Å². The number of fused-ring (bicyclic) bond motifs is 1. The smallest absolute Gasteiger partial charge is 0.258 e. The molecule has 0 unspecified atom stereocenters. The lowest BCUT2D eigenvalue weighted by Crippen LogP contribution is -2.32. The molecule has 0 aliphatic carbocycles. The van der Waals surface area contributed by atoms with Crippen LogP contribution >= 0.6 is 11.8 Å². The Balaban J connectivity index is 1.40. The maximum Gasteiger partial charge on any atom is 0.258 e. The van der Waals surface area contributed by atoms with Crippen molar-refractivity contribution in [1.29, 1.82) is 0 Å². The van der Waals surface area contributed by atoms with Crippen molar-refractivity contribution in [3.8, 4) is 5.75 Å². The number of benzene rings is 1. The third-order valence-corrected chi connectivity index (χ3v) is 6.19. The summed E-state index contributed by atoms with van der Waals surface area (Å²) < 4.78 is 20.6. The number of halogens is 1. The number of amides is 1. The first-order valence-electron chi connectivity index (χ1n) is 10.9. The molecule has 1 aliphatic heterocycles. The average molecular weight is 459 g/mol. The average Bonchev–Trinajstić information content (AvgIpc) is 3.47. The van der Waals surface area contributed by atoms with Crippen LogP contribution in [-0.2, 0) is 11.3 Å². The Morgan fingerprint density at radius 2 is 2.06 bits per heavy atom. The van der Waals surface area contributed by atoms with Gasteiger partial charge in [-0.1, -0.05) is 30.8 Å². The van der Waals surface area contributed by atoms with Gasteiger partial charge in [0.1, 0.15) is 5.82 Å². The van der Waals surface area contributed by atoms with E-state index in [0.29, 0.717) is 13.1 Å². The van der Waals surface area contributed by atoms with Gasteiger partial charge in [0.25, 0.3) is 5.91 Å². The first-order valence-corrected chi connectivity index (χ1v) is 11.9. The van der Waals surface area contributed by atoms with E-state index in [-0.39, 0.29) is 18.3 Å². The lowest BCUT2D eigenvalue weighted by molar-refractivity contribution is -0.123. The predicted molar refractivity (Wildman–Crippen MR) is 123 cm³/mol. The number of ether oxygens (including phenoxy) is 1. The van der Waals surface area contributed by atoms with E-state index in [2.05, 4.69) is 22.2 Å². The molecule has 1 fully saturated rings. The summed E-state index contributed by atoms with van der Waals surface area (Å²) in [6, 6.07) is 6.01. The molecule has 0 spiro atoms. The van der Waals surface area contributed by atoms with E-state index in [1.807, 2.05) is 0 Å². The molecule has 0 atom stereocenters. The van der Waals surface area contributed by atoms with Crippen LogP contribution in [0.25, 0.3) is 11.0 Å². The van der Waals surface area contributed by atoms with Gasteiger partial charge in [0, 0.05) is 25.4 Å². The third-order valence-electron chi connectivity index (χ3n) is 5.14. The zero-order chi connectivity index (χ0) is 22.3. The van der Waals surface area contributed by atoms with Crippen LogP contribution in [-0.4, -0.2) is 57.6 Å². The summed E-state index contributed by atoms with van der Waals surface area (Å²) in [6.45, 7) is 4.69. The zero-order valence-corrected chi connectivity index (χ0v) is 18.9. The molecule has 2 aromatic heterocycles. The van der Waals surface area contributed by atoms with E-state index in [9.17, 15) is 9.18 Å². The molecule has 8 nitrogen and oxygen atoms in total. The van der Waals surface area contributed by atoms with E-state index < -0.39 is 5.82 Å². The molecule has 4 rings (SSSR count). The monoisotopic (exact) mass is 458 g/mol. The van der Waals surface area contributed by atoms with Crippen molar-refractivity contribution in [2.45, 2.75) is 37.9 Å². The largest absolute Gasteiger partial charge is 0.481 e. The van der Waals surface area contributed by atoms with Crippen molar-refractivity contribution < 1.29 is 13.9 Å². The predicted octanol–water partition coefficient (Wildman–Crippen LogP) is 3.26. The summed E-state index contributed by atoms with van der Waals surface area (Å²) in [4.78, 5) is 23.9.